The molecule has 0 bridgehead atoms. The molecule has 0 aliphatic carbocycles. The standard InChI is InChI=1S/C28H32N6O2/c1-19-15-21(3-9-27(19)35)11-13-33(30)17-25(29)23-5-7-24(8-6-23)26-18-34(32-31-26)14-12-22-4-10-28(36)20(2)16-22/h3-10,15-18,35-36H,11-14,29-30H2,1-2H3/b25-17-. The zero-order chi connectivity index (χ0) is 25.7. The lowest BCUT2D eigenvalue weighted by molar-refractivity contribution is 0.399. The van der Waals surface area contributed by atoms with Gasteiger partial charge in [-0.25, -0.2) is 5.84 Å². The van der Waals surface area contributed by atoms with E-state index in [2.05, 4.69) is 10.3 Å². The molecule has 0 aliphatic rings. The Labute approximate surface area is 211 Å². The zero-order valence-electron chi connectivity index (χ0n) is 20.6. The van der Waals surface area contributed by atoms with Gasteiger partial charge in [0.1, 0.15) is 17.2 Å². The minimum absolute atomic E-state index is 0.294. The lowest BCUT2D eigenvalue weighted by atomic mass is 10.1. The fourth-order valence-electron chi connectivity index (χ4n) is 3.94. The summed E-state index contributed by atoms with van der Waals surface area (Å²) in [6.45, 7) is 5.05. The summed E-state index contributed by atoms with van der Waals surface area (Å²) < 4.78 is 1.82. The average molecular weight is 485 g/mol. The second kappa shape index (κ2) is 11.0. The van der Waals surface area contributed by atoms with Crippen LogP contribution in [0.3, 0.4) is 0 Å². The molecule has 0 saturated carbocycles. The van der Waals surface area contributed by atoms with Crippen LogP contribution in [0, 0.1) is 13.8 Å². The van der Waals surface area contributed by atoms with Gasteiger partial charge in [0, 0.05) is 24.9 Å². The van der Waals surface area contributed by atoms with E-state index in [9.17, 15) is 10.2 Å². The molecule has 8 nitrogen and oxygen atoms in total. The fourth-order valence-corrected chi connectivity index (χ4v) is 3.94. The molecule has 0 aliphatic heterocycles. The van der Waals surface area contributed by atoms with E-state index >= 15 is 0 Å². The first-order valence-corrected chi connectivity index (χ1v) is 11.8. The number of nitrogens with zero attached hydrogens (tertiary/aromatic N) is 4. The molecular weight excluding hydrogens is 452 g/mol. The summed E-state index contributed by atoms with van der Waals surface area (Å²) in [5.74, 6) is 6.74. The van der Waals surface area contributed by atoms with Gasteiger partial charge in [0.05, 0.1) is 11.9 Å². The molecule has 186 valence electrons. The Morgan fingerprint density at radius 2 is 1.53 bits per heavy atom. The maximum Gasteiger partial charge on any atom is 0.118 e. The number of aryl methyl sites for hydroxylation is 4. The van der Waals surface area contributed by atoms with Crippen LogP contribution in [0.1, 0.15) is 27.8 Å². The molecule has 0 saturated heterocycles. The average Bonchev–Trinajstić information content (AvgIpc) is 3.35. The number of benzene rings is 3. The number of phenolic OH excluding ortho intramolecular Hbond substituents is 2. The van der Waals surface area contributed by atoms with Crippen LogP contribution in [-0.2, 0) is 19.4 Å². The number of aromatic nitrogens is 3. The molecule has 0 spiro atoms. The van der Waals surface area contributed by atoms with E-state index < -0.39 is 0 Å². The second-order valence-electron chi connectivity index (χ2n) is 9.01. The number of hydrogen-bond donors (Lipinski definition) is 4. The molecule has 3 aromatic carbocycles. The first-order valence-electron chi connectivity index (χ1n) is 11.8. The molecule has 0 atom stereocenters. The number of phenols is 2. The fraction of sp³-hybridized carbons (Fsp3) is 0.214. The number of hydrazine groups is 1. The molecule has 0 amide bonds. The van der Waals surface area contributed by atoms with E-state index in [0.29, 0.717) is 30.3 Å². The molecule has 0 fully saturated rings. The predicted molar refractivity (Wildman–Crippen MR) is 142 cm³/mol. The van der Waals surface area contributed by atoms with Gasteiger partial charge >= 0.3 is 0 Å². The van der Waals surface area contributed by atoms with Crippen LogP contribution >= 0.6 is 0 Å². The highest BCUT2D eigenvalue weighted by Gasteiger charge is 2.07. The zero-order valence-corrected chi connectivity index (χ0v) is 20.6. The monoisotopic (exact) mass is 484 g/mol. The van der Waals surface area contributed by atoms with E-state index in [0.717, 1.165) is 51.9 Å². The van der Waals surface area contributed by atoms with Crippen molar-refractivity contribution in [2.75, 3.05) is 6.54 Å². The van der Waals surface area contributed by atoms with Crippen LogP contribution in [0.5, 0.6) is 11.5 Å². The van der Waals surface area contributed by atoms with Crippen molar-refractivity contribution in [3.8, 4) is 22.8 Å². The summed E-state index contributed by atoms with van der Waals surface area (Å²) >= 11 is 0. The molecule has 8 heteroatoms. The minimum atomic E-state index is 0.294. The second-order valence-corrected chi connectivity index (χ2v) is 9.01. The van der Waals surface area contributed by atoms with Crippen molar-refractivity contribution in [1.29, 1.82) is 0 Å². The third-order valence-electron chi connectivity index (χ3n) is 6.17. The van der Waals surface area contributed by atoms with Crippen molar-refractivity contribution in [3.63, 3.8) is 0 Å². The molecule has 1 heterocycles. The molecule has 6 N–H and O–H groups in total. The largest absolute Gasteiger partial charge is 0.508 e. The molecule has 0 unspecified atom stereocenters. The Bertz CT molecular complexity index is 1360. The van der Waals surface area contributed by atoms with Gasteiger partial charge in [0.25, 0.3) is 0 Å². The Morgan fingerprint density at radius 1 is 0.917 bits per heavy atom. The Balaban J connectivity index is 1.33. The van der Waals surface area contributed by atoms with Gasteiger partial charge in [-0.05, 0) is 66.6 Å². The van der Waals surface area contributed by atoms with Crippen molar-refractivity contribution >= 4 is 5.70 Å². The molecule has 0 radical (unpaired) electrons. The van der Waals surface area contributed by atoms with E-state index in [4.69, 9.17) is 11.6 Å². The van der Waals surface area contributed by atoms with Crippen LogP contribution in [-0.4, -0.2) is 36.8 Å². The van der Waals surface area contributed by atoms with Crippen LogP contribution < -0.4 is 11.6 Å². The maximum atomic E-state index is 9.68. The van der Waals surface area contributed by atoms with Gasteiger partial charge in [0.2, 0.25) is 0 Å². The molecule has 4 rings (SSSR count). The van der Waals surface area contributed by atoms with Gasteiger partial charge in [-0.15, -0.1) is 5.10 Å². The van der Waals surface area contributed by atoms with Gasteiger partial charge in [0.15, 0.2) is 0 Å². The van der Waals surface area contributed by atoms with Crippen LogP contribution in [0.25, 0.3) is 17.0 Å². The van der Waals surface area contributed by atoms with Crippen molar-refractivity contribution in [3.05, 3.63) is 101 Å². The molecule has 1 aromatic heterocycles. The Hall–Kier alpha value is -4.30. The van der Waals surface area contributed by atoms with Crippen LogP contribution in [0.15, 0.2) is 73.1 Å². The third-order valence-corrected chi connectivity index (χ3v) is 6.17. The molecular formula is C28H32N6O2. The number of hydrogen-bond acceptors (Lipinski definition) is 7. The van der Waals surface area contributed by atoms with Crippen molar-refractivity contribution in [1.82, 2.24) is 20.0 Å². The minimum Gasteiger partial charge on any atom is -0.508 e. The van der Waals surface area contributed by atoms with Gasteiger partial charge in [-0.2, -0.15) is 0 Å². The topological polar surface area (TPSA) is 126 Å². The van der Waals surface area contributed by atoms with Gasteiger partial charge < -0.3 is 21.0 Å². The Kier molecular flexibility index (Phi) is 7.56. The summed E-state index contributed by atoms with van der Waals surface area (Å²) in [6.07, 6.45) is 5.19. The van der Waals surface area contributed by atoms with Crippen LogP contribution in [0.4, 0.5) is 0 Å². The normalized spacial score (nSPS) is 11.6. The highest BCUT2D eigenvalue weighted by Crippen LogP contribution is 2.21. The summed E-state index contributed by atoms with van der Waals surface area (Å²) in [6, 6.07) is 19.0. The first kappa shape index (κ1) is 24.8. The number of nitrogens with two attached hydrogens (primary N) is 2. The number of aromatic hydroxyl groups is 2. The summed E-state index contributed by atoms with van der Waals surface area (Å²) in [5.41, 5.74) is 13.4. The van der Waals surface area contributed by atoms with Gasteiger partial charge in [-0.3, -0.25) is 4.68 Å². The smallest absolute Gasteiger partial charge is 0.118 e. The van der Waals surface area contributed by atoms with E-state index in [1.165, 1.54) is 0 Å². The van der Waals surface area contributed by atoms with Gasteiger partial charge in [-0.1, -0.05) is 53.7 Å². The summed E-state index contributed by atoms with van der Waals surface area (Å²) in [4.78, 5) is 0. The SMILES string of the molecule is Cc1cc(CCN(N)/C=C(\N)c2ccc(-c3cn(CCc4ccc(O)c(C)c4)nn3)cc2)ccc1O. The quantitative estimate of drug-likeness (QED) is 0.210. The predicted octanol–water partition coefficient (Wildman–Crippen LogP) is 3.89. The summed E-state index contributed by atoms with van der Waals surface area (Å²) in [7, 11) is 0. The maximum absolute atomic E-state index is 9.68. The van der Waals surface area contributed by atoms with Crippen molar-refractivity contribution in [2.24, 2.45) is 11.6 Å². The highest BCUT2D eigenvalue weighted by atomic mass is 16.3. The van der Waals surface area contributed by atoms with Crippen molar-refractivity contribution < 1.29 is 10.2 Å². The Morgan fingerprint density at radius 3 is 2.14 bits per heavy atom. The highest BCUT2D eigenvalue weighted by molar-refractivity contribution is 5.66. The first-order chi connectivity index (χ1) is 17.3. The third kappa shape index (κ3) is 6.22. The molecule has 36 heavy (non-hydrogen) atoms. The van der Waals surface area contributed by atoms with E-state index in [1.54, 1.807) is 23.3 Å². The van der Waals surface area contributed by atoms with Crippen molar-refractivity contribution in [2.45, 2.75) is 33.2 Å². The lowest BCUT2D eigenvalue weighted by Gasteiger charge is -2.15. The lowest BCUT2D eigenvalue weighted by Crippen LogP contribution is -2.28. The number of rotatable bonds is 9. The van der Waals surface area contributed by atoms with E-state index in [1.807, 2.05) is 73.3 Å². The molecule has 4 aromatic rings. The van der Waals surface area contributed by atoms with E-state index in [-0.39, 0.29) is 0 Å². The van der Waals surface area contributed by atoms with Crippen LogP contribution in [0.2, 0.25) is 0 Å². The summed E-state index contributed by atoms with van der Waals surface area (Å²) in [5, 5.41) is 29.5.